The fourth-order valence-electron chi connectivity index (χ4n) is 3.92. The monoisotopic (exact) mass is 419 g/mol. The number of ether oxygens (including phenoxy) is 2. The molecule has 164 valence electrons. The molecule has 2 saturated heterocycles. The van der Waals surface area contributed by atoms with Gasteiger partial charge in [-0.3, -0.25) is 4.90 Å². The molecule has 0 bridgehead atoms. The Morgan fingerprint density at radius 3 is 2.55 bits per heavy atom. The Kier molecular flexibility index (Phi) is 6.90. The van der Waals surface area contributed by atoms with Gasteiger partial charge in [-0.1, -0.05) is 0 Å². The number of carbonyl (C=O) groups is 1. The number of likely N-dealkylation sites (tertiary alicyclic amines) is 1. The van der Waals surface area contributed by atoms with E-state index in [2.05, 4.69) is 11.0 Å². The van der Waals surface area contributed by atoms with Crippen LogP contribution in [0.2, 0.25) is 0 Å². The number of carboxylic acids is 1. The van der Waals surface area contributed by atoms with Crippen LogP contribution >= 0.6 is 0 Å². The molecule has 3 heterocycles. The molecule has 3 fully saturated rings. The van der Waals surface area contributed by atoms with Gasteiger partial charge in [0.1, 0.15) is 11.5 Å². The van der Waals surface area contributed by atoms with Gasteiger partial charge in [0, 0.05) is 32.9 Å². The zero-order chi connectivity index (χ0) is 21.1. The topological polar surface area (TPSA) is 72.1 Å². The van der Waals surface area contributed by atoms with Crippen molar-refractivity contribution in [3.63, 3.8) is 0 Å². The first-order valence-electron chi connectivity index (χ1n) is 9.97. The molecule has 0 aromatic carbocycles. The minimum atomic E-state index is -5.08. The van der Waals surface area contributed by atoms with Crippen LogP contribution in [0.15, 0.2) is 16.5 Å². The van der Waals surface area contributed by atoms with Gasteiger partial charge in [0.25, 0.3) is 0 Å². The molecule has 4 rings (SSSR count). The molecule has 1 aromatic rings. The average molecular weight is 419 g/mol. The van der Waals surface area contributed by atoms with E-state index in [0.717, 1.165) is 63.3 Å². The number of aliphatic carboxylic acids is 1. The van der Waals surface area contributed by atoms with E-state index in [4.69, 9.17) is 23.8 Å². The second-order valence-corrected chi connectivity index (χ2v) is 8.17. The number of alkyl halides is 3. The standard InChI is InChI=1S/C18H27NO3.C2HF3O2/c1-14-2-5-17(22-14)10-19-12-18(13-19)16(7-9-21-18)6-8-20-11-15-3-4-15;3-2(4,5)1(6)7/h2,5,15-16H,3-4,6-13H2,1H3;(H,6,7). The molecule has 6 nitrogen and oxygen atoms in total. The third kappa shape index (κ3) is 6.20. The molecule has 1 saturated carbocycles. The first kappa shape index (κ1) is 22.1. The van der Waals surface area contributed by atoms with E-state index in [0.29, 0.717) is 5.92 Å². The van der Waals surface area contributed by atoms with Crippen molar-refractivity contribution in [1.82, 2.24) is 4.90 Å². The molecular weight excluding hydrogens is 391 g/mol. The zero-order valence-corrected chi connectivity index (χ0v) is 16.5. The Bertz CT molecular complexity index is 680. The van der Waals surface area contributed by atoms with Crippen LogP contribution in [0.4, 0.5) is 13.2 Å². The summed E-state index contributed by atoms with van der Waals surface area (Å²) in [5.41, 5.74) is 0.102. The molecule has 1 unspecified atom stereocenters. The number of hydrogen-bond acceptors (Lipinski definition) is 5. The van der Waals surface area contributed by atoms with E-state index in [1.165, 1.54) is 19.3 Å². The highest BCUT2D eigenvalue weighted by atomic mass is 19.4. The van der Waals surface area contributed by atoms with Gasteiger partial charge in [-0.2, -0.15) is 13.2 Å². The molecule has 1 aromatic heterocycles. The van der Waals surface area contributed by atoms with Crippen molar-refractivity contribution >= 4 is 5.97 Å². The molecule has 3 aliphatic rings. The van der Waals surface area contributed by atoms with Gasteiger partial charge in [0.05, 0.1) is 12.1 Å². The summed E-state index contributed by atoms with van der Waals surface area (Å²) in [6.07, 6.45) is 0.0102. The third-order valence-corrected chi connectivity index (χ3v) is 5.66. The Hall–Kier alpha value is -1.58. The fourth-order valence-corrected chi connectivity index (χ4v) is 3.92. The van der Waals surface area contributed by atoms with E-state index in [1.54, 1.807) is 0 Å². The maximum atomic E-state index is 10.6. The molecule has 2 aliphatic heterocycles. The summed E-state index contributed by atoms with van der Waals surface area (Å²) in [6.45, 7) is 7.79. The van der Waals surface area contributed by atoms with Gasteiger partial charge in [0.15, 0.2) is 0 Å². The maximum Gasteiger partial charge on any atom is 0.490 e. The van der Waals surface area contributed by atoms with Gasteiger partial charge in [-0.05, 0) is 56.6 Å². The Labute approximate surface area is 167 Å². The molecule has 0 amide bonds. The van der Waals surface area contributed by atoms with Crippen LogP contribution in [0.5, 0.6) is 0 Å². The van der Waals surface area contributed by atoms with Crippen LogP contribution in [0, 0.1) is 18.8 Å². The van der Waals surface area contributed by atoms with Crippen LogP contribution in [0.1, 0.15) is 37.2 Å². The van der Waals surface area contributed by atoms with Crippen molar-refractivity contribution < 1.29 is 37.0 Å². The van der Waals surface area contributed by atoms with Crippen LogP contribution in [-0.4, -0.2) is 60.7 Å². The molecule has 9 heteroatoms. The summed E-state index contributed by atoms with van der Waals surface area (Å²) in [7, 11) is 0. The van der Waals surface area contributed by atoms with Crippen LogP contribution < -0.4 is 0 Å². The minimum Gasteiger partial charge on any atom is -0.475 e. The SMILES string of the molecule is Cc1ccc(CN2CC3(C2)OCCC3CCOCC2CC2)o1.O=C(O)C(F)(F)F. The number of furan rings is 1. The number of carboxylic acid groups (broad SMARTS) is 1. The summed E-state index contributed by atoms with van der Waals surface area (Å²) in [5, 5.41) is 7.12. The van der Waals surface area contributed by atoms with Crippen molar-refractivity contribution in [3.8, 4) is 0 Å². The molecular formula is C20H28F3NO5. The van der Waals surface area contributed by atoms with Crippen LogP contribution in [0.3, 0.4) is 0 Å². The lowest BCUT2D eigenvalue weighted by molar-refractivity contribution is -0.192. The smallest absolute Gasteiger partial charge is 0.475 e. The largest absolute Gasteiger partial charge is 0.490 e. The van der Waals surface area contributed by atoms with Crippen molar-refractivity contribution in [2.75, 3.05) is 32.9 Å². The van der Waals surface area contributed by atoms with Crippen LogP contribution in [-0.2, 0) is 20.8 Å². The fraction of sp³-hybridized carbons (Fsp3) is 0.750. The number of halogens is 3. The molecule has 0 radical (unpaired) electrons. The van der Waals surface area contributed by atoms with Gasteiger partial charge in [-0.25, -0.2) is 4.79 Å². The van der Waals surface area contributed by atoms with Crippen molar-refractivity contribution in [1.29, 1.82) is 0 Å². The predicted octanol–water partition coefficient (Wildman–Crippen LogP) is 3.63. The Balaban J connectivity index is 0.000000298. The normalized spacial score (nSPS) is 23.5. The number of hydrogen-bond donors (Lipinski definition) is 1. The number of nitrogens with zero attached hydrogens (tertiary/aromatic N) is 1. The lowest BCUT2D eigenvalue weighted by Crippen LogP contribution is -2.64. The van der Waals surface area contributed by atoms with E-state index in [9.17, 15) is 13.2 Å². The lowest BCUT2D eigenvalue weighted by atomic mass is 9.79. The van der Waals surface area contributed by atoms with E-state index >= 15 is 0 Å². The van der Waals surface area contributed by atoms with E-state index in [-0.39, 0.29) is 5.60 Å². The van der Waals surface area contributed by atoms with Crippen molar-refractivity contribution in [3.05, 3.63) is 23.7 Å². The molecule has 1 atom stereocenters. The van der Waals surface area contributed by atoms with E-state index < -0.39 is 12.1 Å². The number of aryl methyl sites for hydroxylation is 1. The summed E-state index contributed by atoms with van der Waals surface area (Å²) in [5.74, 6) is 0.834. The Morgan fingerprint density at radius 1 is 1.31 bits per heavy atom. The summed E-state index contributed by atoms with van der Waals surface area (Å²) >= 11 is 0. The first-order valence-corrected chi connectivity index (χ1v) is 9.97. The average Bonchev–Trinajstić information content (AvgIpc) is 3.20. The van der Waals surface area contributed by atoms with Crippen molar-refractivity contribution in [2.45, 2.75) is 50.9 Å². The highest BCUT2D eigenvalue weighted by Gasteiger charge is 2.52. The summed E-state index contributed by atoms with van der Waals surface area (Å²) < 4.78 is 49.4. The van der Waals surface area contributed by atoms with Gasteiger partial charge < -0.3 is 19.0 Å². The second-order valence-electron chi connectivity index (χ2n) is 8.17. The van der Waals surface area contributed by atoms with E-state index in [1.807, 2.05) is 13.0 Å². The first-order chi connectivity index (χ1) is 13.7. The summed E-state index contributed by atoms with van der Waals surface area (Å²) in [6, 6.07) is 4.12. The van der Waals surface area contributed by atoms with Gasteiger partial charge in [-0.15, -0.1) is 0 Å². The highest BCUT2D eigenvalue weighted by Crippen LogP contribution is 2.42. The second kappa shape index (κ2) is 9.06. The zero-order valence-electron chi connectivity index (χ0n) is 16.5. The van der Waals surface area contributed by atoms with Crippen molar-refractivity contribution in [2.24, 2.45) is 11.8 Å². The number of rotatable bonds is 7. The minimum absolute atomic E-state index is 0.102. The lowest BCUT2D eigenvalue weighted by Gasteiger charge is -2.50. The molecule has 29 heavy (non-hydrogen) atoms. The van der Waals surface area contributed by atoms with Gasteiger partial charge in [0.2, 0.25) is 0 Å². The van der Waals surface area contributed by atoms with Gasteiger partial charge >= 0.3 is 12.1 Å². The maximum absolute atomic E-state index is 10.6. The molecule has 1 N–H and O–H groups in total. The highest BCUT2D eigenvalue weighted by molar-refractivity contribution is 5.73. The van der Waals surface area contributed by atoms with Crippen LogP contribution in [0.25, 0.3) is 0 Å². The molecule has 1 aliphatic carbocycles. The predicted molar refractivity (Wildman–Crippen MR) is 97.4 cm³/mol. The molecule has 1 spiro atoms. The Morgan fingerprint density at radius 2 is 2.00 bits per heavy atom. The summed E-state index contributed by atoms with van der Waals surface area (Å²) in [4.78, 5) is 11.3. The third-order valence-electron chi connectivity index (χ3n) is 5.66. The quantitative estimate of drug-likeness (QED) is 0.681.